The summed E-state index contributed by atoms with van der Waals surface area (Å²) in [6.45, 7) is 12.4. The number of rotatable bonds is 6. The Balaban J connectivity index is 0.00000145. The van der Waals surface area contributed by atoms with E-state index in [-0.39, 0.29) is 11.0 Å². The van der Waals surface area contributed by atoms with Crippen LogP contribution in [-0.2, 0) is 18.0 Å². The van der Waals surface area contributed by atoms with E-state index >= 15 is 0 Å². The molecule has 0 N–H and O–H groups in total. The average molecular weight is 401 g/mol. The number of alkyl halides is 3. The largest absolute Gasteiger partial charge is 0.417 e. The third-order valence-corrected chi connectivity index (χ3v) is 5.87. The van der Waals surface area contributed by atoms with Crippen LogP contribution in [0.5, 0.6) is 0 Å². The first-order chi connectivity index (χ1) is 13.8. The van der Waals surface area contributed by atoms with Gasteiger partial charge in [0.25, 0.3) is 0 Å². The highest BCUT2D eigenvalue weighted by atomic mass is 19.4. The van der Waals surface area contributed by atoms with E-state index in [9.17, 15) is 13.2 Å². The minimum Gasteiger partial charge on any atom is -0.166 e. The van der Waals surface area contributed by atoms with Gasteiger partial charge in [0.15, 0.2) is 0 Å². The molecule has 2 aromatic rings. The average Bonchev–Trinajstić information content (AvgIpc) is 3.40. The number of hydrogen-bond donors (Lipinski definition) is 0. The Labute approximate surface area is 173 Å². The van der Waals surface area contributed by atoms with Gasteiger partial charge in [-0.3, -0.25) is 0 Å². The summed E-state index contributed by atoms with van der Waals surface area (Å²) in [5.74, 6) is 0.682. The van der Waals surface area contributed by atoms with E-state index in [2.05, 4.69) is 38.6 Å². The summed E-state index contributed by atoms with van der Waals surface area (Å²) in [5, 5.41) is 0. The fourth-order valence-corrected chi connectivity index (χ4v) is 4.16. The normalized spacial score (nSPS) is 20.9. The molecule has 0 heterocycles. The highest BCUT2D eigenvalue weighted by Gasteiger charge is 2.51. The maximum atomic E-state index is 13.2. The van der Waals surface area contributed by atoms with Crippen LogP contribution in [0.4, 0.5) is 13.2 Å². The van der Waals surface area contributed by atoms with Gasteiger partial charge in [-0.25, -0.2) is 0 Å². The van der Waals surface area contributed by atoms with Gasteiger partial charge in [0.1, 0.15) is 0 Å². The van der Waals surface area contributed by atoms with E-state index in [0.29, 0.717) is 17.9 Å². The molecule has 0 spiro atoms. The maximum absolute atomic E-state index is 13.2. The molecule has 0 nitrogen and oxygen atoms in total. The van der Waals surface area contributed by atoms with Crippen LogP contribution in [0.25, 0.3) is 5.57 Å². The highest BCUT2D eigenvalue weighted by Crippen LogP contribution is 2.57. The second-order valence-electron chi connectivity index (χ2n) is 7.45. The van der Waals surface area contributed by atoms with E-state index in [1.807, 2.05) is 26.0 Å². The van der Waals surface area contributed by atoms with Crippen molar-refractivity contribution in [3.8, 4) is 0 Å². The molecule has 3 heteroatoms. The quantitative estimate of drug-likeness (QED) is 0.428. The Hall–Kier alpha value is -2.29. The summed E-state index contributed by atoms with van der Waals surface area (Å²) < 4.78 is 39.6. The van der Waals surface area contributed by atoms with Crippen molar-refractivity contribution in [2.45, 2.75) is 58.5 Å². The van der Waals surface area contributed by atoms with Crippen LogP contribution in [0.1, 0.15) is 62.8 Å². The molecule has 0 saturated heterocycles. The molecule has 0 aliphatic heterocycles. The fourth-order valence-electron chi connectivity index (χ4n) is 4.16. The predicted octanol–water partition coefficient (Wildman–Crippen LogP) is 8.23. The lowest BCUT2D eigenvalue weighted by Crippen LogP contribution is -2.10. The lowest BCUT2D eigenvalue weighted by molar-refractivity contribution is -0.137. The van der Waals surface area contributed by atoms with Gasteiger partial charge in [0.2, 0.25) is 0 Å². The molecule has 2 aromatic carbocycles. The van der Waals surface area contributed by atoms with E-state index in [1.165, 1.54) is 29.7 Å². The molecule has 0 bridgehead atoms. The van der Waals surface area contributed by atoms with E-state index in [1.54, 1.807) is 12.1 Å². The minimum atomic E-state index is -4.38. The molecule has 156 valence electrons. The van der Waals surface area contributed by atoms with Gasteiger partial charge in [0, 0.05) is 0 Å². The summed E-state index contributed by atoms with van der Waals surface area (Å²) in [4.78, 5) is 0. The van der Waals surface area contributed by atoms with Gasteiger partial charge in [-0.1, -0.05) is 88.9 Å². The molecule has 1 aliphatic carbocycles. The number of halogens is 3. The molecule has 0 amide bonds. The molecular weight excluding hydrogens is 369 g/mol. The van der Waals surface area contributed by atoms with E-state index in [4.69, 9.17) is 0 Å². The monoisotopic (exact) mass is 400 g/mol. The van der Waals surface area contributed by atoms with Crippen molar-refractivity contribution in [2.75, 3.05) is 0 Å². The first kappa shape index (κ1) is 23.0. The van der Waals surface area contributed by atoms with Crippen LogP contribution in [0.2, 0.25) is 0 Å². The third kappa shape index (κ3) is 5.01. The molecule has 2 atom stereocenters. The zero-order valence-electron chi connectivity index (χ0n) is 17.8. The molecule has 0 radical (unpaired) electrons. The van der Waals surface area contributed by atoms with Crippen molar-refractivity contribution in [3.05, 3.63) is 89.5 Å². The molecular formula is C26H31F3. The van der Waals surface area contributed by atoms with Crippen molar-refractivity contribution < 1.29 is 13.2 Å². The van der Waals surface area contributed by atoms with Crippen LogP contribution < -0.4 is 0 Å². The summed E-state index contributed by atoms with van der Waals surface area (Å²) >= 11 is 0. The maximum Gasteiger partial charge on any atom is 0.417 e. The number of allylic oxidation sites excluding steroid dienone is 3. The predicted molar refractivity (Wildman–Crippen MR) is 117 cm³/mol. The first-order valence-electron chi connectivity index (χ1n) is 10.4. The Bertz CT molecular complexity index is 856. The Morgan fingerprint density at radius 2 is 1.69 bits per heavy atom. The van der Waals surface area contributed by atoms with Crippen molar-refractivity contribution in [3.63, 3.8) is 0 Å². The molecule has 3 rings (SSSR count). The van der Waals surface area contributed by atoms with E-state index < -0.39 is 11.7 Å². The second kappa shape index (κ2) is 9.47. The standard InChI is InChI=1S/C24H25F3.C2H6/c1-4-23(16-18(23)3)21-14-7-5-11-19(21)12-9-10-17(2)20-13-6-8-15-22(20)24(25,26)27;1-2/h5-11,13-15,18H,2,4,12,16H2,1,3H3;1-2H3/b10-9-;. The van der Waals surface area contributed by atoms with Crippen LogP contribution in [0.15, 0.2) is 67.3 Å². The lowest BCUT2D eigenvalue weighted by atomic mass is 9.86. The third-order valence-electron chi connectivity index (χ3n) is 5.87. The number of hydrogen-bond acceptors (Lipinski definition) is 0. The second-order valence-corrected chi connectivity index (χ2v) is 7.45. The SMILES string of the molecule is C=C(/C=C\Cc1ccccc1C1(CC)CC1C)c1ccccc1C(F)(F)F.CC. The van der Waals surface area contributed by atoms with Crippen LogP contribution in [-0.4, -0.2) is 0 Å². The van der Waals surface area contributed by atoms with Crippen molar-refractivity contribution in [1.82, 2.24) is 0 Å². The molecule has 29 heavy (non-hydrogen) atoms. The minimum absolute atomic E-state index is 0.135. The zero-order chi connectivity index (χ0) is 21.7. The van der Waals surface area contributed by atoms with Gasteiger partial charge in [-0.2, -0.15) is 13.2 Å². The molecule has 0 aromatic heterocycles. The van der Waals surface area contributed by atoms with Crippen molar-refractivity contribution in [2.24, 2.45) is 5.92 Å². The Morgan fingerprint density at radius 3 is 2.28 bits per heavy atom. The summed E-state index contributed by atoms with van der Waals surface area (Å²) in [6.07, 6.45) is 2.25. The Kier molecular flexibility index (Phi) is 7.51. The van der Waals surface area contributed by atoms with Crippen molar-refractivity contribution in [1.29, 1.82) is 0 Å². The molecule has 1 aliphatic rings. The molecule has 2 unspecified atom stereocenters. The molecule has 1 fully saturated rings. The molecule has 1 saturated carbocycles. The lowest BCUT2D eigenvalue weighted by Gasteiger charge is -2.18. The van der Waals surface area contributed by atoms with Gasteiger partial charge in [-0.05, 0) is 58.9 Å². The topological polar surface area (TPSA) is 0 Å². The van der Waals surface area contributed by atoms with E-state index in [0.717, 1.165) is 12.5 Å². The van der Waals surface area contributed by atoms with Gasteiger partial charge >= 0.3 is 6.18 Å². The zero-order valence-corrected chi connectivity index (χ0v) is 17.8. The summed E-state index contributed by atoms with van der Waals surface area (Å²) in [7, 11) is 0. The van der Waals surface area contributed by atoms with Gasteiger partial charge in [0.05, 0.1) is 5.56 Å². The van der Waals surface area contributed by atoms with Crippen LogP contribution in [0, 0.1) is 5.92 Å². The van der Waals surface area contributed by atoms with Crippen molar-refractivity contribution >= 4 is 5.57 Å². The van der Waals surface area contributed by atoms with Crippen LogP contribution >= 0.6 is 0 Å². The first-order valence-corrected chi connectivity index (χ1v) is 10.4. The Morgan fingerprint density at radius 1 is 1.10 bits per heavy atom. The fraction of sp³-hybridized carbons (Fsp3) is 0.385. The number of benzene rings is 2. The van der Waals surface area contributed by atoms with Crippen LogP contribution in [0.3, 0.4) is 0 Å². The summed E-state index contributed by atoms with van der Waals surface area (Å²) in [5.41, 5.74) is 2.77. The van der Waals surface area contributed by atoms with Gasteiger partial charge in [-0.15, -0.1) is 0 Å². The van der Waals surface area contributed by atoms with Gasteiger partial charge < -0.3 is 0 Å². The summed E-state index contributed by atoms with van der Waals surface area (Å²) in [6, 6.07) is 14.0. The smallest absolute Gasteiger partial charge is 0.166 e. The highest BCUT2D eigenvalue weighted by molar-refractivity contribution is 5.74.